The summed E-state index contributed by atoms with van der Waals surface area (Å²) in [7, 11) is 2.90. The minimum atomic E-state index is -1.63. The van der Waals surface area contributed by atoms with Crippen LogP contribution in [0.5, 0.6) is 0 Å². The zero-order valence-corrected chi connectivity index (χ0v) is 31.2. The molecular weight excluding hydrogens is 688 g/mol. The number of rotatable bonds is 5. The molecule has 0 spiro atoms. The highest BCUT2D eigenvalue weighted by molar-refractivity contribution is 7.28. The molecule has 1 aliphatic carbocycles. The predicted molar refractivity (Wildman–Crippen MR) is 231 cm³/mol. The molecule has 2 N–H and O–H groups in total. The molecule has 9 aromatic rings. The summed E-state index contributed by atoms with van der Waals surface area (Å²) >= 11 is 0. The fourth-order valence-corrected chi connectivity index (χ4v) is 9.22. The summed E-state index contributed by atoms with van der Waals surface area (Å²) in [4.78, 5) is 0. The number of aliphatic hydroxyl groups is 2. The first kappa shape index (κ1) is 33.4. The quantitative estimate of drug-likeness (QED) is 0.174. The molecule has 55 heavy (non-hydrogen) atoms. The van der Waals surface area contributed by atoms with Crippen LogP contribution in [0.4, 0.5) is 0 Å². The molecule has 0 amide bonds. The summed E-state index contributed by atoms with van der Waals surface area (Å²) in [6.07, 6.45) is 0. The van der Waals surface area contributed by atoms with Gasteiger partial charge in [0, 0.05) is 22.3 Å². The van der Waals surface area contributed by atoms with Gasteiger partial charge in [-0.3, -0.25) is 0 Å². The van der Waals surface area contributed by atoms with Crippen molar-refractivity contribution < 1.29 is 10.2 Å². The second-order valence-corrected chi connectivity index (χ2v) is 15.1. The zero-order valence-electron chi connectivity index (χ0n) is 30.0. The molecule has 3 heteroatoms. The number of hydrogen-bond acceptors (Lipinski definition) is 2. The van der Waals surface area contributed by atoms with Crippen LogP contribution < -0.4 is 5.30 Å². The fourth-order valence-electron chi connectivity index (χ4n) is 8.88. The van der Waals surface area contributed by atoms with Gasteiger partial charge in [-0.2, -0.15) is 0 Å². The zero-order chi connectivity index (χ0) is 37.1. The molecule has 0 aromatic heterocycles. The largest absolute Gasteiger partial charge is 0.376 e. The third kappa shape index (κ3) is 5.14. The van der Waals surface area contributed by atoms with Crippen LogP contribution in [-0.2, 0) is 11.2 Å². The summed E-state index contributed by atoms with van der Waals surface area (Å²) < 4.78 is 0. The van der Waals surface area contributed by atoms with E-state index in [2.05, 4.69) is 131 Å². The Kier molecular flexibility index (Phi) is 7.91. The first-order chi connectivity index (χ1) is 27.0. The molecule has 3 atom stereocenters. The normalized spacial score (nSPS) is 17.5. The number of benzene rings is 9. The maximum Gasteiger partial charge on any atom is 0.141 e. The van der Waals surface area contributed by atoms with Gasteiger partial charge in [0.25, 0.3) is 0 Å². The first-order valence-electron chi connectivity index (χ1n) is 18.7. The highest BCUT2D eigenvalue weighted by Gasteiger charge is 2.51. The van der Waals surface area contributed by atoms with Crippen molar-refractivity contribution in [1.29, 1.82) is 0 Å². The van der Waals surface area contributed by atoms with Gasteiger partial charge in [0.2, 0.25) is 0 Å². The van der Waals surface area contributed by atoms with Gasteiger partial charge in [0.15, 0.2) is 0 Å². The van der Waals surface area contributed by atoms with Crippen molar-refractivity contribution in [2.75, 3.05) is 0 Å². The second kappa shape index (κ2) is 13.0. The van der Waals surface area contributed by atoms with Gasteiger partial charge in [-0.05, 0) is 95.6 Å². The van der Waals surface area contributed by atoms with E-state index >= 15 is 0 Å². The van der Waals surface area contributed by atoms with Gasteiger partial charge in [0.1, 0.15) is 11.2 Å². The second-order valence-electron chi connectivity index (χ2n) is 14.5. The molecule has 262 valence electrons. The van der Waals surface area contributed by atoms with E-state index in [0.29, 0.717) is 22.3 Å². The van der Waals surface area contributed by atoms with E-state index in [4.69, 9.17) is 0 Å². The molecule has 2 nitrogen and oxygen atoms in total. The average molecular weight is 725 g/mol. The lowest BCUT2D eigenvalue weighted by Gasteiger charge is -2.46. The number of fused-ring (bicyclic) bond motifs is 4. The lowest BCUT2D eigenvalue weighted by molar-refractivity contribution is 0.0753. The van der Waals surface area contributed by atoms with Crippen molar-refractivity contribution >= 4 is 36.1 Å². The maximum absolute atomic E-state index is 13.9. The predicted octanol–water partition coefficient (Wildman–Crippen LogP) is 11.4. The monoisotopic (exact) mass is 724 g/mol. The molecule has 1 aliphatic rings. The van der Waals surface area contributed by atoms with Gasteiger partial charge in [0.05, 0.1) is 0 Å². The van der Waals surface area contributed by atoms with E-state index in [1.165, 1.54) is 0 Å². The van der Waals surface area contributed by atoms with E-state index in [1.807, 2.05) is 78.9 Å². The maximum atomic E-state index is 13.9. The molecule has 0 aliphatic heterocycles. The molecule has 10 rings (SSSR count). The molecule has 0 radical (unpaired) electrons. The van der Waals surface area contributed by atoms with Crippen LogP contribution in [0.15, 0.2) is 200 Å². The third-order valence-corrected chi connectivity index (χ3v) is 12.0. The highest BCUT2D eigenvalue weighted by atomic mass is 31.0. The summed E-state index contributed by atoms with van der Waals surface area (Å²) in [6, 6.07) is 68.3. The lowest BCUT2D eigenvalue weighted by Crippen LogP contribution is -2.44. The highest BCUT2D eigenvalue weighted by Crippen LogP contribution is 2.56. The molecule has 3 unspecified atom stereocenters. The van der Waals surface area contributed by atoms with Crippen LogP contribution in [-0.4, -0.2) is 10.2 Å². The first-order valence-corrected chi connectivity index (χ1v) is 19.2. The number of hydrogen-bond donors (Lipinski definition) is 2. The van der Waals surface area contributed by atoms with Crippen molar-refractivity contribution in [3.63, 3.8) is 0 Å². The van der Waals surface area contributed by atoms with Gasteiger partial charge >= 0.3 is 0 Å². The van der Waals surface area contributed by atoms with E-state index in [1.54, 1.807) is 0 Å². The van der Waals surface area contributed by atoms with Gasteiger partial charge in [-0.25, -0.2) is 0 Å². The third-order valence-electron chi connectivity index (χ3n) is 11.5. The van der Waals surface area contributed by atoms with Crippen molar-refractivity contribution in [3.8, 4) is 33.4 Å². The van der Waals surface area contributed by atoms with Crippen LogP contribution >= 0.6 is 9.24 Å². The smallest absolute Gasteiger partial charge is 0.141 e. The Labute approximate surface area is 323 Å². The molecule has 0 saturated carbocycles. The van der Waals surface area contributed by atoms with E-state index < -0.39 is 11.2 Å². The average Bonchev–Trinajstić information content (AvgIpc) is 3.26. The van der Waals surface area contributed by atoms with Crippen LogP contribution in [0.25, 0.3) is 54.9 Å². The van der Waals surface area contributed by atoms with E-state index in [9.17, 15) is 10.2 Å². The molecule has 0 fully saturated rings. The van der Waals surface area contributed by atoms with Crippen molar-refractivity contribution in [2.45, 2.75) is 11.2 Å². The Morgan fingerprint density at radius 3 is 0.927 bits per heavy atom. The minimum absolute atomic E-state index is 0.648. The summed E-state index contributed by atoms with van der Waals surface area (Å²) in [5.41, 5.74) is 7.24. The van der Waals surface area contributed by atoms with Crippen LogP contribution in [0.3, 0.4) is 0 Å². The van der Waals surface area contributed by atoms with Crippen LogP contribution in [0, 0.1) is 0 Å². The minimum Gasteiger partial charge on any atom is -0.376 e. The molecule has 0 heterocycles. The standard InChI is InChI=1S/C52H37O2P/c53-51(37-22-12-4-13-23-37)46-30-42-39(34-16-6-1-7-17-34)26-27-40(35-18-8-2-9-19-35)43(42)31-47(46)52(54,38-24-14-5-15-25-38)49-33-45-44(32-48(49)51)41(28-29-50(45)55)36-20-10-3-11-21-36/h1-33,53-54H,55H2. The Morgan fingerprint density at radius 2 is 0.582 bits per heavy atom. The SMILES string of the molecule is OC1(c2ccccc2)c2cc3c(P)ccc(-c4ccccc4)c3cc2C(O)(c2ccccc2)c2cc3c(-c4ccccc4)ccc(-c4ccccc4)c3cc21. The van der Waals surface area contributed by atoms with Crippen LogP contribution in [0.2, 0.25) is 0 Å². The van der Waals surface area contributed by atoms with Crippen molar-refractivity contribution in [1.82, 2.24) is 0 Å². The summed E-state index contributed by atoms with van der Waals surface area (Å²) in [5.74, 6) is 0. The van der Waals surface area contributed by atoms with E-state index in [0.717, 1.165) is 71.4 Å². The Bertz CT molecular complexity index is 2880. The van der Waals surface area contributed by atoms with Gasteiger partial charge in [-0.1, -0.05) is 176 Å². The van der Waals surface area contributed by atoms with Crippen LogP contribution in [0.1, 0.15) is 33.4 Å². The molecule has 9 aromatic carbocycles. The topological polar surface area (TPSA) is 40.5 Å². The Morgan fingerprint density at radius 1 is 0.309 bits per heavy atom. The van der Waals surface area contributed by atoms with E-state index in [-0.39, 0.29) is 0 Å². The summed E-state index contributed by atoms with van der Waals surface area (Å²) in [5, 5.41) is 32.8. The molecule has 0 saturated heterocycles. The summed E-state index contributed by atoms with van der Waals surface area (Å²) in [6.45, 7) is 0. The van der Waals surface area contributed by atoms with Crippen molar-refractivity contribution in [2.24, 2.45) is 0 Å². The van der Waals surface area contributed by atoms with Gasteiger partial charge < -0.3 is 10.2 Å². The Hall–Kier alpha value is -6.15. The fraction of sp³-hybridized carbons (Fsp3) is 0.0385. The Balaban J connectivity index is 1.40. The molecule has 0 bridgehead atoms. The van der Waals surface area contributed by atoms with Crippen molar-refractivity contribution in [3.05, 3.63) is 234 Å². The van der Waals surface area contributed by atoms with Gasteiger partial charge in [-0.15, -0.1) is 9.24 Å². The lowest BCUT2D eigenvalue weighted by atomic mass is 9.62. The molecular formula is C52H37O2P.